The van der Waals surface area contributed by atoms with Gasteiger partial charge in [-0.05, 0) is 25.1 Å². The summed E-state index contributed by atoms with van der Waals surface area (Å²) >= 11 is 0. The van der Waals surface area contributed by atoms with Gasteiger partial charge < -0.3 is 9.84 Å². The van der Waals surface area contributed by atoms with Gasteiger partial charge in [-0.15, -0.1) is 0 Å². The predicted octanol–water partition coefficient (Wildman–Crippen LogP) is 1.61. The topological polar surface area (TPSA) is 167 Å². The first-order chi connectivity index (χ1) is 11.4. The third kappa shape index (κ3) is 3.99. The third-order valence-corrected chi connectivity index (χ3v) is 4.89. The number of phenolic OH excluding ortho intramolecular Hbond substituents is 1. The van der Waals surface area contributed by atoms with E-state index < -0.39 is 52.9 Å². The van der Waals surface area contributed by atoms with Gasteiger partial charge in [0.05, 0.1) is 17.2 Å². The minimum absolute atomic E-state index is 0.00564. The molecule has 0 aliphatic rings. The van der Waals surface area contributed by atoms with Crippen molar-refractivity contribution in [3.63, 3.8) is 0 Å². The average Bonchev–Trinajstić information content (AvgIpc) is 2.44. The van der Waals surface area contributed by atoms with Crippen molar-refractivity contribution in [3.8, 4) is 5.75 Å². The van der Waals surface area contributed by atoms with E-state index in [0.717, 1.165) is 12.1 Å². The number of hydrogen-bond donors (Lipinski definition) is 4. The Morgan fingerprint density at radius 1 is 1.08 bits per heavy atom. The van der Waals surface area contributed by atoms with Gasteiger partial charge >= 0.3 is 6.09 Å². The monoisotopic (exact) mass is 391 g/mol. The smallest absolute Gasteiger partial charge is 0.411 e. The Kier molecular flexibility index (Phi) is 4.90. The van der Waals surface area contributed by atoms with Crippen LogP contribution in [0.15, 0.2) is 34.1 Å². The summed E-state index contributed by atoms with van der Waals surface area (Å²) in [6, 6.07) is 3.72. The molecule has 12 heteroatoms. The number of hydrogen-bond acceptors (Lipinski definition) is 7. The quantitative estimate of drug-likeness (QED) is 0.566. The largest absolute Gasteiger partial charge is 0.507 e. The van der Waals surface area contributed by atoms with Crippen LogP contribution >= 0.6 is 0 Å². The molecule has 0 spiro atoms. The molecule has 0 heterocycles. The lowest BCUT2D eigenvalue weighted by Gasteiger charge is -2.13. The molecule has 0 aliphatic heterocycles. The lowest BCUT2D eigenvalue weighted by Crippen LogP contribution is -2.16. The van der Waals surface area contributed by atoms with E-state index in [1.54, 1.807) is 0 Å². The van der Waals surface area contributed by atoms with Crippen LogP contribution in [0.2, 0.25) is 0 Å². The van der Waals surface area contributed by atoms with E-state index in [4.69, 9.17) is 4.55 Å². The number of rotatable bonds is 4. The summed E-state index contributed by atoms with van der Waals surface area (Å²) in [5.74, 6) is -0.655. The first kappa shape index (κ1) is 18.9. The Labute approximate surface area is 142 Å². The number of anilines is 1. The number of aromatic hydroxyl groups is 1. The van der Waals surface area contributed by atoms with E-state index in [2.05, 4.69) is 10.1 Å². The highest BCUT2D eigenvalue weighted by Crippen LogP contribution is 2.36. The van der Waals surface area contributed by atoms with Crippen LogP contribution in [-0.2, 0) is 25.0 Å². The van der Waals surface area contributed by atoms with Gasteiger partial charge in [-0.2, -0.15) is 16.8 Å². The minimum atomic E-state index is -4.96. The zero-order chi connectivity index (χ0) is 19.0. The summed E-state index contributed by atoms with van der Waals surface area (Å²) in [6.45, 7) is 1.51. The van der Waals surface area contributed by atoms with Crippen LogP contribution < -0.4 is 5.32 Å². The zero-order valence-electron chi connectivity index (χ0n) is 12.6. The van der Waals surface area contributed by atoms with Crippen LogP contribution in [0, 0.1) is 0 Å². The Morgan fingerprint density at radius 2 is 1.72 bits per heavy atom. The van der Waals surface area contributed by atoms with E-state index in [1.165, 1.54) is 13.0 Å². The molecule has 0 saturated heterocycles. The third-order valence-electron chi connectivity index (χ3n) is 3.11. The van der Waals surface area contributed by atoms with Crippen molar-refractivity contribution in [1.82, 2.24) is 0 Å². The number of carbonyl (C=O) groups excluding carboxylic acids is 1. The van der Waals surface area contributed by atoms with Gasteiger partial charge in [-0.3, -0.25) is 14.4 Å². The van der Waals surface area contributed by atoms with Gasteiger partial charge in [-0.25, -0.2) is 4.79 Å². The maximum Gasteiger partial charge on any atom is 0.411 e. The molecular formula is C13H13NO9S2. The van der Waals surface area contributed by atoms with E-state index in [-0.39, 0.29) is 12.0 Å². The number of amides is 1. The summed E-state index contributed by atoms with van der Waals surface area (Å²) < 4.78 is 69.3. The van der Waals surface area contributed by atoms with E-state index >= 15 is 0 Å². The molecule has 0 unspecified atom stereocenters. The summed E-state index contributed by atoms with van der Waals surface area (Å²) in [6.07, 6.45) is -1.01. The van der Waals surface area contributed by atoms with E-state index in [9.17, 15) is 31.3 Å². The van der Waals surface area contributed by atoms with E-state index in [1.807, 2.05) is 0 Å². The molecule has 2 rings (SSSR count). The molecule has 0 bridgehead atoms. The molecule has 0 atom stereocenters. The standard InChI is InChI=1S/C13H13NO9S2/c1-2-23-13(16)14-10-4-3-8-9(12(10)25(20,21)22)5-7(6-11(8)15)24(17,18)19/h3-6,15H,2H2,1H3,(H,14,16)(H,17,18,19)(H,20,21,22). The molecule has 0 aliphatic carbocycles. The molecule has 2 aromatic carbocycles. The van der Waals surface area contributed by atoms with Gasteiger partial charge in [0.1, 0.15) is 10.6 Å². The van der Waals surface area contributed by atoms with Crippen LogP contribution in [0.25, 0.3) is 10.8 Å². The van der Waals surface area contributed by atoms with Crippen molar-refractivity contribution in [3.05, 3.63) is 24.3 Å². The van der Waals surface area contributed by atoms with Crippen LogP contribution in [0.4, 0.5) is 10.5 Å². The Balaban J connectivity index is 2.87. The zero-order valence-corrected chi connectivity index (χ0v) is 14.3. The number of ether oxygens (including phenoxy) is 1. The Morgan fingerprint density at radius 3 is 2.24 bits per heavy atom. The maximum atomic E-state index is 11.7. The highest BCUT2D eigenvalue weighted by molar-refractivity contribution is 7.86. The van der Waals surface area contributed by atoms with Crippen molar-refractivity contribution in [2.45, 2.75) is 16.7 Å². The number of benzene rings is 2. The molecule has 25 heavy (non-hydrogen) atoms. The second-order valence-electron chi connectivity index (χ2n) is 4.78. The first-order valence-electron chi connectivity index (χ1n) is 6.63. The lowest BCUT2D eigenvalue weighted by atomic mass is 10.1. The van der Waals surface area contributed by atoms with Gasteiger partial charge in [0, 0.05) is 16.8 Å². The van der Waals surface area contributed by atoms with Gasteiger partial charge in [0.15, 0.2) is 0 Å². The van der Waals surface area contributed by atoms with Crippen LogP contribution in [-0.4, -0.2) is 43.7 Å². The summed E-state index contributed by atoms with van der Waals surface area (Å²) in [7, 11) is -9.73. The predicted molar refractivity (Wildman–Crippen MR) is 85.9 cm³/mol. The highest BCUT2D eigenvalue weighted by atomic mass is 32.2. The van der Waals surface area contributed by atoms with Crippen molar-refractivity contribution in [1.29, 1.82) is 0 Å². The number of nitrogens with one attached hydrogen (secondary N) is 1. The highest BCUT2D eigenvalue weighted by Gasteiger charge is 2.24. The normalized spacial score (nSPS) is 12.1. The molecule has 4 N–H and O–H groups in total. The molecule has 0 radical (unpaired) electrons. The molecule has 10 nitrogen and oxygen atoms in total. The SMILES string of the molecule is CCOC(=O)Nc1ccc2c(O)cc(S(=O)(=O)O)cc2c1S(=O)(=O)O. The fourth-order valence-corrected chi connectivity index (χ4v) is 3.54. The first-order valence-corrected chi connectivity index (χ1v) is 9.51. The summed E-state index contributed by atoms with van der Waals surface area (Å²) in [5.41, 5.74) is -0.402. The van der Waals surface area contributed by atoms with Crippen molar-refractivity contribution in [2.75, 3.05) is 11.9 Å². The fraction of sp³-hybridized carbons (Fsp3) is 0.154. The second-order valence-corrected chi connectivity index (χ2v) is 7.56. The molecule has 0 fully saturated rings. The summed E-state index contributed by atoms with van der Waals surface area (Å²) in [5, 5.41) is 11.4. The fourth-order valence-electron chi connectivity index (χ4n) is 2.17. The van der Waals surface area contributed by atoms with Crippen LogP contribution in [0.3, 0.4) is 0 Å². The molecular weight excluding hydrogens is 378 g/mol. The number of phenols is 1. The number of carbonyl (C=O) groups is 1. The Bertz CT molecular complexity index is 1060. The van der Waals surface area contributed by atoms with Crippen molar-refractivity contribution < 1.29 is 40.6 Å². The average molecular weight is 391 g/mol. The van der Waals surface area contributed by atoms with E-state index in [0.29, 0.717) is 6.07 Å². The van der Waals surface area contributed by atoms with Crippen molar-refractivity contribution in [2.24, 2.45) is 0 Å². The van der Waals surface area contributed by atoms with Crippen molar-refractivity contribution >= 4 is 42.8 Å². The minimum Gasteiger partial charge on any atom is -0.507 e. The lowest BCUT2D eigenvalue weighted by molar-refractivity contribution is 0.168. The molecule has 0 saturated carbocycles. The van der Waals surface area contributed by atoms with Crippen LogP contribution in [0.5, 0.6) is 5.75 Å². The van der Waals surface area contributed by atoms with Gasteiger partial charge in [0.2, 0.25) is 0 Å². The van der Waals surface area contributed by atoms with Gasteiger partial charge in [0.25, 0.3) is 20.2 Å². The second kappa shape index (κ2) is 6.48. The summed E-state index contributed by atoms with van der Waals surface area (Å²) in [4.78, 5) is 9.87. The van der Waals surface area contributed by atoms with Crippen LogP contribution in [0.1, 0.15) is 6.92 Å². The maximum absolute atomic E-state index is 11.7. The van der Waals surface area contributed by atoms with Gasteiger partial charge in [-0.1, -0.05) is 0 Å². The molecule has 1 amide bonds. The molecule has 2 aromatic rings. The Hall–Kier alpha value is -2.41. The molecule has 136 valence electrons. The number of fused-ring (bicyclic) bond motifs is 1. The molecule has 0 aromatic heterocycles.